The van der Waals surface area contributed by atoms with E-state index < -0.39 is 42.7 Å². The zero-order valence-corrected chi connectivity index (χ0v) is 32.6. The van der Waals surface area contributed by atoms with Crippen LogP contribution in [0.2, 0.25) is 0 Å². The van der Waals surface area contributed by atoms with E-state index in [2.05, 4.69) is 20.6 Å². The van der Waals surface area contributed by atoms with Crippen LogP contribution in [0.25, 0.3) is 0 Å². The van der Waals surface area contributed by atoms with Gasteiger partial charge in [0.05, 0.1) is 6.20 Å². The van der Waals surface area contributed by atoms with Crippen molar-refractivity contribution in [2.75, 3.05) is 12.5 Å². The van der Waals surface area contributed by atoms with Crippen molar-refractivity contribution < 1.29 is 28.0 Å². The highest BCUT2D eigenvalue weighted by Crippen LogP contribution is 2.54. The van der Waals surface area contributed by atoms with Gasteiger partial charge in [0.15, 0.2) is 5.78 Å². The molecule has 1 aliphatic carbocycles. The molecular formula is C37H48N5O6PS2. The van der Waals surface area contributed by atoms with Crippen LogP contribution in [-0.4, -0.2) is 69.0 Å². The number of carbonyl (C=O) groups excluding carboxylic acids is 3. The Hall–Kier alpha value is -3.54. The number of fused-ring (bicyclic) bond motifs is 1. The highest BCUT2D eigenvalue weighted by Gasteiger charge is 2.52. The lowest BCUT2D eigenvalue weighted by Gasteiger charge is -2.38. The smallest absolute Gasteiger partial charge is 0.415 e. The van der Waals surface area contributed by atoms with Crippen molar-refractivity contribution in [3.8, 4) is 11.5 Å². The van der Waals surface area contributed by atoms with Crippen LogP contribution in [0.5, 0.6) is 11.5 Å². The first-order valence-corrected chi connectivity index (χ1v) is 21.4. The van der Waals surface area contributed by atoms with Gasteiger partial charge >= 0.3 is 7.60 Å². The molecule has 1 saturated carbocycles. The minimum Gasteiger partial charge on any atom is -0.415 e. The first-order valence-electron chi connectivity index (χ1n) is 17.3. The monoisotopic (exact) mass is 753 g/mol. The maximum absolute atomic E-state index is 15.0. The molecule has 274 valence electrons. The van der Waals surface area contributed by atoms with E-state index in [-0.39, 0.29) is 23.6 Å². The van der Waals surface area contributed by atoms with Gasteiger partial charge in [-0.25, -0.2) is 9.55 Å². The Morgan fingerprint density at radius 1 is 0.941 bits per heavy atom. The van der Waals surface area contributed by atoms with Crippen LogP contribution in [0.15, 0.2) is 76.9 Å². The van der Waals surface area contributed by atoms with Crippen LogP contribution >= 0.6 is 31.1 Å². The van der Waals surface area contributed by atoms with E-state index in [1.54, 1.807) is 52.7 Å². The van der Waals surface area contributed by atoms with Crippen molar-refractivity contribution >= 4 is 48.8 Å². The van der Waals surface area contributed by atoms with Gasteiger partial charge in [-0.15, -0.1) is 23.5 Å². The number of thioether (sulfide) groups is 2. The third-order valence-corrected chi connectivity index (χ3v) is 13.0. The molecule has 5 atom stereocenters. The summed E-state index contributed by atoms with van der Waals surface area (Å²) in [6.07, 6.45) is 12.1. The summed E-state index contributed by atoms with van der Waals surface area (Å²) in [6.45, 7) is 7.57. The molecule has 1 aliphatic heterocycles. The van der Waals surface area contributed by atoms with Gasteiger partial charge in [-0.1, -0.05) is 40.5 Å². The minimum absolute atomic E-state index is 0.0957. The third-order valence-electron chi connectivity index (χ3n) is 9.42. The average Bonchev–Trinajstić information content (AvgIpc) is 3.73. The van der Waals surface area contributed by atoms with E-state index >= 15 is 0 Å². The third kappa shape index (κ3) is 9.28. The Balaban J connectivity index is 1.45. The Morgan fingerprint density at radius 3 is 2.06 bits per heavy atom. The molecule has 14 heteroatoms. The summed E-state index contributed by atoms with van der Waals surface area (Å²) in [7, 11) is -4.12. The standard InChI is InChI=1S/C37H48N5O6PS2/c1-7-9-32(49(46,47-25-12-16-27(50-5)17-13-25)48-26-14-18-28(51-6)19-15-26)40-35(44)31-22-24-10-8-11-30(24)42(31)36(45)33(37(2,3)4)41-34(43)29-23-38-20-21-39-29/h12-21,23-24,30-33H,7-11,22H2,1-6H3,(H,40,44)(H,41,43)/t24-,30-,31-,32+,33+/m0/s1. The SMILES string of the molecule is CCC[C@H](NC(=O)[C@@H]1C[C@@H]2CCC[C@@H]2N1C(=O)[C@@H](NC(=O)c1cnccn1)C(C)(C)C)P(=O)(Oc1ccc(SC)cc1)Oc1ccc(SC)cc1. The molecule has 0 radical (unpaired) electrons. The highest BCUT2D eigenvalue weighted by atomic mass is 32.2. The molecule has 2 N–H and O–H groups in total. The summed E-state index contributed by atoms with van der Waals surface area (Å²) in [5.74, 6) is -1.45. The average molecular weight is 754 g/mol. The Kier molecular flexibility index (Phi) is 12.8. The van der Waals surface area contributed by atoms with Crippen molar-refractivity contribution in [2.45, 2.75) is 99.9 Å². The van der Waals surface area contributed by atoms with Crippen LogP contribution in [0.3, 0.4) is 0 Å². The first kappa shape index (κ1) is 38.7. The van der Waals surface area contributed by atoms with Gasteiger partial charge in [0.2, 0.25) is 11.8 Å². The molecule has 3 aromatic rings. The number of hydrogen-bond donors (Lipinski definition) is 2. The van der Waals surface area contributed by atoms with Gasteiger partial charge in [0.1, 0.15) is 29.3 Å². The van der Waals surface area contributed by atoms with Crippen molar-refractivity contribution in [3.05, 3.63) is 72.8 Å². The first-order chi connectivity index (χ1) is 24.4. The quantitative estimate of drug-likeness (QED) is 0.126. The fourth-order valence-electron chi connectivity index (χ4n) is 6.82. The van der Waals surface area contributed by atoms with Gasteiger partial charge in [-0.3, -0.25) is 19.4 Å². The number of hydrogen-bond acceptors (Lipinski definition) is 10. The van der Waals surface area contributed by atoms with E-state index in [4.69, 9.17) is 9.05 Å². The number of carbonyl (C=O) groups is 3. The van der Waals surface area contributed by atoms with Gasteiger partial charge in [0.25, 0.3) is 5.91 Å². The highest BCUT2D eigenvalue weighted by molar-refractivity contribution is 7.98. The van der Waals surface area contributed by atoms with Gasteiger partial charge in [-0.05, 0) is 98.1 Å². The lowest BCUT2D eigenvalue weighted by Crippen LogP contribution is -2.60. The zero-order valence-electron chi connectivity index (χ0n) is 30.0. The summed E-state index contributed by atoms with van der Waals surface area (Å²) in [6, 6.07) is 12.5. The second-order valence-electron chi connectivity index (χ2n) is 14.0. The lowest BCUT2D eigenvalue weighted by atomic mass is 9.85. The topological polar surface area (TPSA) is 140 Å². The molecule has 2 fully saturated rings. The van der Waals surface area contributed by atoms with Gasteiger partial charge < -0.3 is 24.6 Å². The summed E-state index contributed by atoms with van der Waals surface area (Å²) < 4.78 is 27.4. The molecule has 2 aliphatic rings. The fraction of sp³-hybridized carbons (Fsp3) is 0.486. The molecule has 0 spiro atoms. The van der Waals surface area contributed by atoms with Crippen molar-refractivity contribution in [1.29, 1.82) is 0 Å². The molecule has 1 aromatic heterocycles. The second kappa shape index (κ2) is 16.9. The van der Waals surface area contributed by atoms with Crippen LogP contribution in [0.4, 0.5) is 0 Å². The molecule has 5 rings (SSSR count). The molecule has 11 nitrogen and oxygen atoms in total. The molecular weight excluding hydrogens is 706 g/mol. The van der Waals surface area contributed by atoms with Crippen LogP contribution in [-0.2, 0) is 14.2 Å². The maximum atomic E-state index is 15.0. The van der Waals surface area contributed by atoms with E-state index in [1.807, 2.05) is 64.5 Å². The summed E-state index contributed by atoms with van der Waals surface area (Å²) in [4.78, 5) is 54.1. The normalized spacial score (nSPS) is 19.9. The van der Waals surface area contributed by atoms with E-state index in [0.717, 1.165) is 29.1 Å². The largest absolute Gasteiger partial charge is 0.452 e. The number of rotatable bonds is 14. The second-order valence-corrected chi connectivity index (χ2v) is 17.8. The molecule has 2 aromatic carbocycles. The molecule has 2 heterocycles. The van der Waals surface area contributed by atoms with E-state index in [9.17, 15) is 18.9 Å². The fourth-order valence-corrected chi connectivity index (χ4v) is 9.61. The number of nitrogens with one attached hydrogen (secondary N) is 2. The van der Waals surface area contributed by atoms with Crippen molar-refractivity contribution in [2.24, 2.45) is 11.3 Å². The predicted molar refractivity (Wildman–Crippen MR) is 201 cm³/mol. The van der Waals surface area contributed by atoms with Gasteiger partial charge in [-0.2, -0.15) is 0 Å². The minimum atomic E-state index is -4.12. The number of benzene rings is 2. The lowest BCUT2D eigenvalue weighted by molar-refractivity contribution is -0.144. The number of amides is 3. The van der Waals surface area contributed by atoms with Crippen LogP contribution < -0.4 is 19.7 Å². The predicted octanol–water partition coefficient (Wildman–Crippen LogP) is 7.43. The summed E-state index contributed by atoms with van der Waals surface area (Å²) in [5, 5.41) is 5.94. The number of nitrogens with zero attached hydrogens (tertiary/aromatic N) is 3. The Bertz CT molecular complexity index is 1650. The Labute approximate surface area is 309 Å². The van der Waals surface area contributed by atoms with Gasteiger partial charge in [0, 0.05) is 28.2 Å². The maximum Gasteiger partial charge on any atom is 0.452 e. The molecule has 3 amide bonds. The molecule has 0 unspecified atom stereocenters. The molecule has 1 saturated heterocycles. The van der Waals surface area contributed by atoms with E-state index in [0.29, 0.717) is 30.8 Å². The molecule has 51 heavy (non-hydrogen) atoms. The van der Waals surface area contributed by atoms with Crippen LogP contribution in [0, 0.1) is 11.3 Å². The summed E-state index contributed by atoms with van der Waals surface area (Å²) >= 11 is 3.15. The van der Waals surface area contributed by atoms with E-state index in [1.165, 1.54) is 18.6 Å². The number of aromatic nitrogens is 2. The van der Waals surface area contributed by atoms with Crippen molar-refractivity contribution in [1.82, 2.24) is 25.5 Å². The van der Waals surface area contributed by atoms with Crippen molar-refractivity contribution in [3.63, 3.8) is 0 Å². The zero-order chi connectivity index (χ0) is 36.8. The summed E-state index contributed by atoms with van der Waals surface area (Å²) in [5.41, 5.74) is -0.592. The number of likely N-dealkylation sites (tertiary alicyclic amines) is 1. The van der Waals surface area contributed by atoms with Crippen LogP contribution in [0.1, 0.15) is 76.7 Å². The molecule has 0 bridgehead atoms. The Morgan fingerprint density at radius 2 is 1.55 bits per heavy atom.